The Morgan fingerprint density at radius 3 is 2.35 bits per heavy atom. The van der Waals surface area contributed by atoms with Crippen LogP contribution >= 0.6 is 0 Å². The SMILES string of the molecule is Cc1cc(C)c(S(=O)(=O)N2CCC2C2CC2)c(C)c1CC(=O)O. The molecule has 1 N–H and O–H groups in total. The van der Waals surface area contributed by atoms with Crippen LogP contribution in [-0.4, -0.2) is 36.4 Å². The minimum atomic E-state index is -3.55. The molecule has 1 aliphatic heterocycles. The van der Waals surface area contributed by atoms with Gasteiger partial charge in [-0.05, 0) is 68.2 Å². The molecule has 23 heavy (non-hydrogen) atoms. The summed E-state index contributed by atoms with van der Waals surface area (Å²) in [7, 11) is -3.55. The van der Waals surface area contributed by atoms with Crippen molar-refractivity contribution in [3.05, 3.63) is 28.3 Å². The van der Waals surface area contributed by atoms with Gasteiger partial charge >= 0.3 is 5.97 Å². The molecule has 1 saturated heterocycles. The Morgan fingerprint density at radius 1 is 1.22 bits per heavy atom. The van der Waals surface area contributed by atoms with Crippen molar-refractivity contribution in [3.8, 4) is 0 Å². The summed E-state index contributed by atoms with van der Waals surface area (Å²) in [5, 5.41) is 9.11. The van der Waals surface area contributed by atoms with Gasteiger partial charge in [-0.15, -0.1) is 0 Å². The first-order chi connectivity index (χ1) is 10.7. The van der Waals surface area contributed by atoms with Crippen LogP contribution in [0.5, 0.6) is 0 Å². The number of nitrogens with zero attached hydrogens (tertiary/aromatic N) is 1. The van der Waals surface area contributed by atoms with Crippen LogP contribution in [0.4, 0.5) is 0 Å². The molecule has 1 heterocycles. The summed E-state index contributed by atoms with van der Waals surface area (Å²) in [5.74, 6) is -0.425. The van der Waals surface area contributed by atoms with Crippen molar-refractivity contribution < 1.29 is 18.3 Å². The quantitative estimate of drug-likeness (QED) is 0.895. The van der Waals surface area contributed by atoms with Crippen molar-refractivity contribution in [2.75, 3.05) is 6.54 Å². The van der Waals surface area contributed by atoms with Crippen LogP contribution in [-0.2, 0) is 21.2 Å². The van der Waals surface area contributed by atoms with Gasteiger partial charge in [0.25, 0.3) is 0 Å². The topological polar surface area (TPSA) is 74.7 Å². The molecular weight excluding hydrogens is 314 g/mol. The highest BCUT2D eigenvalue weighted by Gasteiger charge is 2.47. The molecule has 2 fully saturated rings. The number of carbonyl (C=O) groups is 1. The number of hydrogen-bond donors (Lipinski definition) is 1. The molecule has 6 heteroatoms. The van der Waals surface area contributed by atoms with Crippen LogP contribution in [0.15, 0.2) is 11.0 Å². The van der Waals surface area contributed by atoms with Crippen LogP contribution in [0.25, 0.3) is 0 Å². The third-order valence-electron chi connectivity index (χ3n) is 5.14. The number of hydrogen-bond acceptors (Lipinski definition) is 3. The van der Waals surface area contributed by atoms with Crippen LogP contribution in [0, 0.1) is 26.7 Å². The Kier molecular flexibility index (Phi) is 4.01. The molecule has 0 radical (unpaired) electrons. The second-order valence-electron chi connectivity index (χ2n) is 6.82. The van der Waals surface area contributed by atoms with E-state index in [9.17, 15) is 13.2 Å². The Labute approximate surface area is 137 Å². The fourth-order valence-electron chi connectivity index (χ4n) is 3.78. The highest BCUT2D eigenvalue weighted by atomic mass is 32.2. The van der Waals surface area contributed by atoms with Gasteiger partial charge in [0.2, 0.25) is 10.0 Å². The second kappa shape index (κ2) is 5.60. The summed E-state index contributed by atoms with van der Waals surface area (Å²) in [5.41, 5.74) is 2.75. The highest BCUT2D eigenvalue weighted by molar-refractivity contribution is 7.89. The number of carboxylic acid groups (broad SMARTS) is 1. The van der Waals surface area contributed by atoms with E-state index in [1.54, 1.807) is 24.2 Å². The first-order valence-electron chi connectivity index (χ1n) is 8.06. The van der Waals surface area contributed by atoms with E-state index < -0.39 is 16.0 Å². The van der Waals surface area contributed by atoms with E-state index in [-0.39, 0.29) is 12.5 Å². The first-order valence-corrected chi connectivity index (χ1v) is 9.50. The van der Waals surface area contributed by atoms with E-state index in [4.69, 9.17) is 5.11 Å². The van der Waals surface area contributed by atoms with Gasteiger partial charge < -0.3 is 5.11 Å². The maximum absolute atomic E-state index is 13.1. The predicted octanol–water partition coefficient (Wildman–Crippen LogP) is 2.41. The van der Waals surface area contributed by atoms with Gasteiger partial charge in [0.1, 0.15) is 0 Å². The number of carboxylic acids is 1. The zero-order chi connectivity index (χ0) is 16.9. The fraction of sp³-hybridized carbons (Fsp3) is 0.588. The van der Waals surface area contributed by atoms with Crippen LogP contribution in [0.2, 0.25) is 0 Å². The maximum Gasteiger partial charge on any atom is 0.307 e. The van der Waals surface area contributed by atoms with Crippen LogP contribution in [0.1, 0.15) is 41.5 Å². The first kappa shape index (κ1) is 16.5. The summed E-state index contributed by atoms with van der Waals surface area (Å²) in [6.45, 7) is 5.94. The molecule has 1 aliphatic carbocycles. The lowest BCUT2D eigenvalue weighted by Crippen LogP contribution is -2.52. The molecular formula is C17H23NO4S. The monoisotopic (exact) mass is 337 g/mol. The molecule has 1 aromatic carbocycles. The summed E-state index contributed by atoms with van der Waals surface area (Å²) < 4.78 is 27.9. The lowest BCUT2D eigenvalue weighted by atomic mass is 9.97. The van der Waals surface area contributed by atoms with Gasteiger partial charge in [0.15, 0.2) is 0 Å². The number of benzene rings is 1. The molecule has 3 rings (SSSR count). The van der Waals surface area contributed by atoms with Crippen molar-refractivity contribution in [3.63, 3.8) is 0 Å². The Balaban J connectivity index is 2.06. The molecule has 1 atom stereocenters. The third-order valence-corrected chi connectivity index (χ3v) is 7.35. The molecule has 1 saturated carbocycles. The molecule has 0 amide bonds. The normalized spacial score (nSPS) is 22.0. The average Bonchev–Trinajstić information content (AvgIpc) is 3.15. The van der Waals surface area contributed by atoms with E-state index >= 15 is 0 Å². The van der Waals surface area contributed by atoms with Gasteiger partial charge in [0.05, 0.1) is 11.3 Å². The summed E-state index contributed by atoms with van der Waals surface area (Å²) in [6.07, 6.45) is 3.03. The standard InChI is InChI=1S/C17H23NO4S/c1-10-8-11(2)17(12(3)14(10)9-16(19)20)23(21,22)18-7-6-15(18)13-4-5-13/h8,13,15H,4-7,9H2,1-3H3,(H,19,20). The number of aryl methyl sites for hydroxylation is 2. The fourth-order valence-corrected chi connectivity index (χ4v) is 5.97. The zero-order valence-electron chi connectivity index (χ0n) is 13.8. The molecule has 0 aromatic heterocycles. The van der Waals surface area contributed by atoms with Gasteiger partial charge in [-0.1, -0.05) is 6.07 Å². The van der Waals surface area contributed by atoms with Gasteiger partial charge in [-0.2, -0.15) is 4.31 Å². The molecule has 1 unspecified atom stereocenters. The minimum absolute atomic E-state index is 0.142. The largest absolute Gasteiger partial charge is 0.481 e. The van der Waals surface area contributed by atoms with E-state index in [0.29, 0.717) is 34.0 Å². The highest BCUT2D eigenvalue weighted by Crippen LogP contribution is 2.44. The van der Waals surface area contributed by atoms with Crippen LogP contribution < -0.4 is 0 Å². The number of sulfonamides is 1. The summed E-state index contributed by atoms with van der Waals surface area (Å²) >= 11 is 0. The lowest BCUT2D eigenvalue weighted by molar-refractivity contribution is -0.136. The Bertz CT molecular complexity index is 765. The minimum Gasteiger partial charge on any atom is -0.481 e. The molecule has 5 nitrogen and oxygen atoms in total. The maximum atomic E-state index is 13.1. The molecule has 1 aromatic rings. The van der Waals surface area contributed by atoms with E-state index in [0.717, 1.165) is 24.8 Å². The Morgan fingerprint density at radius 2 is 1.87 bits per heavy atom. The molecule has 0 bridgehead atoms. The van der Waals surface area contributed by atoms with Gasteiger partial charge in [0, 0.05) is 12.6 Å². The van der Waals surface area contributed by atoms with Crippen molar-refractivity contribution >= 4 is 16.0 Å². The average molecular weight is 337 g/mol. The van der Waals surface area contributed by atoms with Crippen molar-refractivity contribution in [2.45, 2.75) is 57.4 Å². The van der Waals surface area contributed by atoms with Gasteiger partial charge in [-0.3, -0.25) is 4.79 Å². The van der Waals surface area contributed by atoms with Crippen molar-refractivity contribution in [1.82, 2.24) is 4.31 Å². The zero-order valence-corrected chi connectivity index (χ0v) is 14.6. The molecule has 2 aliphatic rings. The summed E-state index contributed by atoms with van der Waals surface area (Å²) in [6, 6.07) is 1.94. The van der Waals surface area contributed by atoms with E-state index in [1.165, 1.54) is 0 Å². The van der Waals surface area contributed by atoms with Crippen molar-refractivity contribution in [1.29, 1.82) is 0 Å². The molecule has 126 valence electrons. The van der Waals surface area contributed by atoms with E-state index in [2.05, 4.69) is 0 Å². The number of aliphatic carboxylic acids is 1. The van der Waals surface area contributed by atoms with Crippen molar-refractivity contribution in [2.24, 2.45) is 5.92 Å². The predicted molar refractivity (Wildman–Crippen MR) is 87.0 cm³/mol. The molecule has 0 spiro atoms. The second-order valence-corrected chi connectivity index (χ2v) is 8.65. The Hall–Kier alpha value is -1.40. The third kappa shape index (κ3) is 2.78. The number of rotatable bonds is 5. The lowest BCUT2D eigenvalue weighted by Gasteiger charge is -2.40. The summed E-state index contributed by atoms with van der Waals surface area (Å²) in [4.78, 5) is 11.4. The smallest absolute Gasteiger partial charge is 0.307 e. The van der Waals surface area contributed by atoms with Gasteiger partial charge in [-0.25, -0.2) is 8.42 Å². The van der Waals surface area contributed by atoms with Crippen LogP contribution in [0.3, 0.4) is 0 Å². The van der Waals surface area contributed by atoms with E-state index in [1.807, 2.05) is 6.92 Å².